The number of hydrogen-bond acceptors (Lipinski definition) is 6. The van der Waals surface area contributed by atoms with E-state index in [4.69, 9.17) is 11.6 Å². The number of aryl methyl sites for hydroxylation is 2. The number of halogens is 1. The van der Waals surface area contributed by atoms with Crippen molar-refractivity contribution in [3.8, 4) is 22.9 Å². The van der Waals surface area contributed by atoms with E-state index < -0.39 is 0 Å². The number of nitrogens with zero attached hydrogens (tertiary/aromatic N) is 6. The van der Waals surface area contributed by atoms with Crippen molar-refractivity contribution in [3.05, 3.63) is 94.5 Å². The van der Waals surface area contributed by atoms with Crippen molar-refractivity contribution in [2.75, 3.05) is 0 Å². The molecule has 2 heterocycles. The van der Waals surface area contributed by atoms with E-state index in [2.05, 4.69) is 41.2 Å². The second-order valence-corrected chi connectivity index (χ2v) is 11.0. The van der Waals surface area contributed by atoms with Gasteiger partial charge in [-0.3, -0.25) is 0 Å². The highest BCUT2D eigenvalue weighted by Gasteiger charge is 2.22. The van der Waals surface area contributed by atoms with Crippen LogP contribution in [0.15, 0.2) is 72.8 Å². The van der Waals surface area contributed by atoms with Crippen molar-refractivity contribution in [1.29, 1.82) is 0 Å². The zero-order valence-corrected chi connectivity index (χ0v) is 23.1. The molecule has 0 aliphatic carbocycles. The highest BCUT2D eigenvalue weighted by molar-refractivity contribution is 6.31. The summed E-state index contributed by atoms with van der Waals surface area (Å²) < 4.78 is 0. The number of phenols is 2. The summed E-state index contributed by atoms with van der Waals surface area (Å²) in [7, 11) is 0. The third kappa shape index (κ3) is 5.42. The first kappa shape index (κ1) is 26.2. The fourth-order valence-electron chi connectivity index (χ4n) is 4.24. The summed E-state index contributed by atoms with van der Waals surface area (Å²) in [4.78, 5) is 2.94. The van der Waals surface area contributed by atoms with Gasteiger partial charge in [0, 0.05) is 10.6 Å². The van der Waals surface area contributed by atoms with Crippen molar-refractivity contribution >= 4 is 33.7 Å². The highest BCUT2D eigenvalue weighted by Crippen LogP contribution is 2.36. The first-order chi connectivity index (χ1) is 18.5. The number of fused-ring (bicyclic) bond motifs is 2. The van der Waals surface area contributed by atoms with Gasteiger partial charge >= 0.3 is 0 Å². The van der Waals surface area contributed by atoms with Gasteiger partial charge in [0.05, 0.1) is 0 Å². The molecule has 0 bridgehead atoms. The summed E-state index contributed by atoms with van der Waals surface area (Å²) in [6.07, 6.45) is 0. The molecule has 2 aromatic heterocycles. The van der Waals surface area contributed by atoms with Gasteiger partial charge < -0.3 is 10.2 Å². The summed E-state index contributed by atoms with van der Waals surface area (Å²) in [5.41, 5.74) is 7.06. The lowest BCUT2D eigenvalue weighted by Gasteiger charge is -2.22. The maximum atomic E-state index is 10.7. The van der Waals surface area contributed by atoms with Gasteiger partial charge in [0.1, 0.15) is 44.9 Å². The molecule has 6 aromatic rings. The lowest BCUT2D eigenvalue weighted by molar-refractivity contribution is 0.440. The molecular formula is C30H29ClN6O2. The van der Waals surface area contributed by atoms with Gasteiger partial charge in [-0.2, -0.15) is 0 Å². The Kier molecular flexibility index (Phi) is 6.74. The van der Waals surface area contributed by atoms with Crippen LogP contribution >= 0.6 is 11.6 Å². The van der Waals surface area contributed by atoms with E-state index >= 15 is 0 Å². The lowest BCUT2D eigenvalue weighted by Crippen LogP contribution is -2.13. The minimum atomic E-state index is -0.166. The van der Waals surface area contributed by atoms with E-state index in [1.54, 1.807) is 18.2 Å². The Hall–Kier alpha value is -4.43. The molecule has 0 fully saturated rings. The van der Waals surface area contributed by atoms with Crippen molar-refractivity contribution in [1.82, 2.24) is 30.0 Å². The first-order valence-corrected chi connectivity index (χ1v) is 12.9. The molecule has 0 saturated carbocycles. The Morgan fingerprint density at radius 3 is 1.85 bits per heavy atom. The van der Waals surface area contributed by atoms with Crippen LogP contribution < -0.4 is 0 Å². The van der Waals surface area contributed by atoms with Crippen molar-refractivity contribution in [2.45, 2.75) is 40.0 Å². The molecule has 4 aromatic carbocycles. The highest BCUT2D eigenvalue weighted by atomic mass is 35.5. The zero-order valence-electron chi connectivity index (χ0n) is 22.4. The standard InChI is InChI=1S/C17H18ClN3O.C13H11N3O/c1-10-7-12(17(2,3)4)16(22)15(8-10)21-19-13-6-5-11(18)9-14(13)20-21;1-9-6-7-13(17)12(8-9)16-14-10-4-2-3-5-11(10)15-16/h5-9,22H,1-4H3;2-8,17H,1H3. The number of hydrogen-bond donors (Lipinski definition) is 2. The van der Waals surface area contributed by atoms with Crippen LogP contribution in [0.25, 0.3) is 33.4 Å². The van der Waals surface area contributed by atoms with Gasteiger partial charge in [-0.25, -0.2) is 0 Å². The van der Waals surface area contributed by atoms with Crippen molar-refractivity contribution < 1.29 is 10.2 Å². The molecule has 2 N–H and O–H groups in total. The van der Waals surface area contributed by atoms with E-state index in [1.165, 1.54) is 9.59 Å². The molecule has 9 heteroatoms. The first-order valence-electron chi connectivity index (χ1n) is 12.5. The molecular weight excluding hydrogens is 512 g/mol. The Morgan fingerprint density at radius 2 is 1.21 bits per heavy atom. The number of aromatic nitrogens is 6. The molecule has 8 nitrogen and oxygen atoms in total. The van der Waals surface area contributed by atoms with E-state index in [1.807, 2.05) is 68.4 Å². The third-order valence-electron chi connectivity index (χ3n) is 6.23. The van der Waals surface area contributed by atoms with E-state index in [0.29, 0.717) is 21.9 Å². The van der Waals surface area contributed by atoms with Crippen LogP contribution in [0.5, 0.6) is 11.5 Å². The summed E-state index contributed by atoms with van der Waals surface area (Å²) in [6, 6.07) is 22.2. The SMILES string of the molecule is Cc1cc(-n2nc3ccc(Cl)cc3n2)c(O)c(C(C)(C)C)c1.Cc1ccc(O)c(-n2nc3ccccc3n2)c1. The molecule has 0 aliphatic rings. The second-order valence-electron chi connectivity index (χ2n) is 10.5. The normalized spacial score (nSPS) is 11.5. The number of benzene rings is 4. The minimum absolute atomic E-state index is 0.166. The smallest absolute Gasteiger partial charge is 0.146 e. The monoisotopic (exact) mass is 540 g/mol. The van der Waals surface area contributed by atoms with Crippen LogP contribution in [0.2, 0.25) is 5.02 Å². The molecule has 0 saturated heterocycles. The number of phenolic OH excluding ortho intramolecular Hbond substituents is 2. The lowest BCUT2D eigenvalue weighted by atomic mass is 9.85. The third-order valence-corrected chi connectivity index (χ3v) is 6.47. The molecule has 198 valence electrons. The molecule has 6 rings (SSSR count). The Bertz CT molecular complexity index is 1780. The van der Waals surface area contributed by atoms with Gasteiger partial charge in [0.25, 0.3) is 0 Å². The summed E-state index contributed by atoms with van der Waals surface area (Å²) in [6.45, 7) is 10.2. The molecule has 0 spiro atoms. The van der Waals surface area contributed by atoms with E-state index in [9.17, 15) is 10.2 Å². The predicted molar refractivity (Wildman–Crippen MR) is 154 cm³/mol. The van der Waals surface area contributed by atoms with Gasteiger partial charge in [-0.1, -0.05) is 56.6 Å². The van der Waals surface area contributed by atoms with Crippen LogP contribution in [0.3, 0.4) is 0 Å². The largest absolute Gasteiger partial charge is 0.506 e. The Morgan fingerprint density at radius 1 is 0.641 bits per heavy atom. The molecule has 0 atom stereocenters. The quantitative estimate of drug-likeness (QED) is 0.250. The Balaban J connectivity index is 0.000000163. The molecule has 0 unspecified atom stereocenters. The molecule has 0 aliphatic heterocycles. The predicted octanol–water partition coefficient (Wildman–Crippen LogP) is 6.82. The van der Waals surface area contributed by atoms with Gasteiger partial charge in [0.15, 0.2) is 0 Å². The fourth-order valence-corrected chi connectivity index (χ4v) is 4.41. The average molecular weight is 541 g/mol. The number of rotatable bonds is 2. The average Bonchev–Trinajstić information content (AvgIpc) is 3.50. The van der Waals surface area contributed by atoms with Gasteiger partial charge in [-0.15, -0.1) is 30.0 Å². The molecule has 0 amide bonds. The molecule has 39 heavy (non-hydrogen) atoms. The van der Waals surface area contributed by atoms with Crippen LogP contribution in [-0.4, -0.2) is 40.2 Å². The summed E-state index contributed by atoms with van der Waals surface area (Å²) in [5.74, 6) is 0.389. The topological polar surface area (TPSA) is 102 Å². The van der Waals surface area contributed by atoms with Crippen molar-refractivity contribution in [3.63, 3.8) is 0 Å². The van der Waals surface area contributed by atoms with E-state index in [-0.39, 0.29) is 16.9 Å². The minimum Gasteiger partial charge on any atom is -0.506 e. The Labute approximate surface area is 231 Å². The van der Waals surface area contributed by atoms with Crippen LogP contribution in [-0.2, 0) is 5.41 Å². The van der Waals surface area contributed by atoms with Gasteiger partial charge in [0.2, 0.25) is 0 Å². The summed E-state index contributed by atoms with van der Waals surface area (Å²) in [5, 5.41) is 38.6. The van der Waals surface area contributed by atoms with Gasteiger partial charge in [-0.05, 0) is 78.9 Å². The van der Waals surface area contributed by atoms with E-state index in [0.717, 1.165) is 33.2 Å². The summed E-state index contributed by atoms with van der Waals surface area (Å²) >= 11 is 5.99. The fraction of sp³-hybridized carbons (Fsp3) is 0.200. The maximum absolute atomic E-state index is 10.7. The maximum Gasteiger partial charge on any atom is 0.146 e. The zero-order chi connectivity index (χ0) is 27.9. The van der Waals surface area contributed by atoms with Crippen LogP contribution in [0.1, 0.15) is 37.5 Å². The van der Waals surface area contributed by atoms with Crippen molar-refractivity contribution in [2.24, 2.45) is 0 Å². The van der Waals surface area contributed by atoms with Crippen LogP contribution in [0, 0.1) is 13.8 Å². The number of aromatic hydroxyl groups is 2. The second kappa shape index (κ2) is 10.0. The van der Waals surface area contributed by atoms with Crippen LogP contribution in [0.4, 0.5) is 0 Å². The molecule has 0 radical (unpaired) electrons.